The first-order valence-corrected chi connectivity index (χ1v) is 9.59. The Morgan fingerprint density at radius 1 is 1.20 bits per heavy atom. The van der Waals surface area contributed by atoms with Crippen LogP contribution in [-0.2, 0) is 4.79 Å². The number of carbonyl (C=O) groups is 3. The minimum absolute atomic E-state index is 0.0291. The van der Waals surface area contributed by atoms with E-state index in [4.69, 9.17) is 0 Å². The van der Waals surface area contributed by atoms with E-state index in [-0.39, 0.29) is 23.1 Å². The number of imide groups is 1. The molecule has 3 fully saturated rings. The van der Waals surface area contributed by atoms with Crippen LogP contribution in [0.1, 0.15) is 46.4 Å². The van der Waals surface area contributed by atoms with E-state index in [0.717, 1.165) is 17.1 Å². The maximum atomic E-state index is 13.0. The van der Waals surface area contributed by atoms with Crippen molar-refractivity contribution in [3.63, 3.8) is 0 Å². The van der Waals surface area contributed by atoms with Gasteiger partial charge in [0, 0.05) is 11.2 Å². The van der Waals surface area contributed by atoms with E-state index in [1.54, 1.807) is 28.6 Å². The molecule has 0 aromatic heterocycles. The van der Waals surface area contributed by atoms with Crippen molar-refractivity contribution >= 4 is 29.7 Å². The zero-order valence-electron chi connectivity index (χ0n) is 13.7. The molecule has 2 aliphatic carbocycles. The van der Waals surface area contributed by atoms with Gasteiger partial charge in [0.25, 0.3) is 17.7 Å². The molecule has 4 aliphatic rings. The van der Waals surface area contributed by atoms with Gasteiger partial charge in [0.1, 0.15) is 5.70 Å². The Morgan fingerprint density at radius 3 is 2.52 bits per heavy atom. The van der Waals surface area contributed by atoms with Gasteiger partial charge in [0.2, 0.25) is 0 Å². The quantitative estimate of drug-likeness (QED) is 0.466. The molecule has 1 saturated heterocycles. The first-order chi connectivity index (χ1) is 12.0. The first-order valence-electron chi connectivity index (χ1n) is 8.65. The van der Waals surface area contributed by atoms with Crippen molar-refractivity contribution in [2.45, 2.75) is 31.7 Å². The van der Waals surface area contributed by atoms with Gasteiger partial charge in [-0.15, -0.1) is 0 Å². The second kappa shape index (κ2) is 4.97. The maximum Gasteiger partial charge on any atom is 0.280 e. The van der Waals surface area contributed by atoms with Crippen molar-refractivity contribution in [1.29, 1.82) is 0 Å². The monoisotopic (exact) mass is 354 g/mol. The highest BCUT2D eigenvalue weighted by molar-refractivity contribution is 7.97. The summed E-state index contributed by atoms with van der Waals surface area (Å²) in [4.78, 5) is 39.2. The van der Waals surface area contributed by atoms with E-state index in [9.17, 15) is 14.4 Å². The Labute approximate surface area is 150 Å². The molecule has 3 amide bonds. The molecule has 3 unspecified atom stereocenters. The second-order valence-corrected chi connectivity index (χ2v) is 8.51. The number of fused-ring (bicyclic) bond motifs is 2. The number of nitrogens with zero attached hydrogens (tertiary/aromatic N) is 2. The molecular weight excluding hydrogens is 336 g/mol. The average molecular weight is 354 g/mol. The van der Waals surface area contributed by atoms with Crippen LogP contribution < -0.4 is 0 Å². The van der Waals surface area contributed by atoms with Crippen LogP contribution in [0.5, 0.6) is 0 Å². The van der Waals surface area contributed by atoms with Crippen LogP contribution in [0.4, 0.5) is 0 Å². The Kier molecular flexibility index (Phi) is 3.02. The number of hydrogen-bond acceptors (Lipinski definition) is 4. The molecule has 2 bridgehead atoms. The predicted octanol–water partition coefficient (Wildman–Crippen LogP) is 2.85. The Bertz CT molecular complexity index is 816. The second-order valence-electron chi connectivity index (χ2n) is 7.57. The maximum absolute atomic E-state index is 13.0. The zero-order valence-corrected chi connectivity index (χ0v) is 14.6. The van der Waals surface area contributed by atoms with E-state index in [0.29, 0.717) is 17.0 Å². The van der Waals surface area contributed by atoms with Gasteiger partial charge in [-0.1, -0.05) is 18.7 Å². The van der Waals surface area contributed by atoms with Gasteiger partial charge in [-0.25, -0.2) is 4.90 Å². The van der Waals surface area contributed by atoms with Crippen molar-refractivity contribution in [3.8, 4) is 0 Å². The molecule has 5 rings (SSSR count). The van der Waals surface area contributed by atoms with Crippen molar-refractivity contribution in [1.82, 2.24) is 9.21 Å². The molecule has 5 nitrogen and oxygen atoms in total. The molecule has 1 aromatic rings. The highest BCUT2D eigenvalue weighted by atomic mass is 32.2. The van der Waals surface area contributed by atoms with Crippen molar-refractivity contribution < 1.29 is 14.4 Å². The molecule has 0 N–H and O–H groups in total. The van der Waals surface area contributed by atoms with Gasteiger partial charge in [-0.05, 0) is 55.7 Å². The normalized spacial score (nSPS) is 32.3. The van der Waals surface area contributed by atoms with Gasteiger partial charge >= 0.3 is 0 Å². The molecule has 2 heterocycles. The van der Waals surface area contributed by atoms with Gasteiger partial charge in [-0.2, -0.15) is 0 Å². The van der Waals surface area contributed by atoms with E-state index < -0.39 is 11.8 Å². The number of amides is 3. The summed E-state index contributed by atoms with van der Waals surface area (Å²) in [5, 5.41) is 0. The summed E-state index contributed by atoms with van der Waals surface area (Å²) in [5.74, 6) is 0.467. The van der Waals surface area contributed by atoms with Crippen LogP contribution in [0, 0.1) is 11.3 Å². The smallest absolute Gasteiger partial charge is 0.277 e. The summed E-state index contributed by atoms with van der Waals surface area (Å²) < 4.78 is 1.80. The third-order valence-corrected chi connectivity index (χ3v) is 7.70. The number of carbonyl (C=O) groups excluding carboxylic acids is 3. The van der Waals surface area contributed by atoms with Crippen LogP contribution in [-0.4, -0.2) is 38.7 Å². The van der Waals surface area contributed by atoms with Crippen LogP contribution in [0.15, 0.2) is 36.5 Å². The standard InChI is InChI=1S/C19H18N2O3S/c1-11(20-17(23)13-4-2-3-5-14(13)18(20)24)16(22)21-15-8-12-6-7-19(15,9-12)10-25-21/h2-5,12,15H,1,6-10H2. The molecular formula is C19H18N2O3S. The molecule has 1 aromatic carbocycles. The molecule has 2 saturated carbocycles. The Morgan fingerprint density at radius 2 is 1.88 bits per heavy atom. The van der Waals surface area contributed by atoms with E-state index in [1.165, 1.54) is 31.2 Å². The molecule has 0 radical (unpaired) electrons. The van der Waals surface area contributed by atoms with Gasteiger partial charge in [0.15, 0.2) is 0 Å². The highest BCUT2D eigenvalue weighted by Crippen LogP contribution is 2.62. The lowest BCUT2D eigenvalue weighted by molar-refractivity contribution is -0.125. The predicted molar refractivity (Wildman–Crippen MR) is 93.6 cm³/mol. The van der Waals surface area contributed by atoms with E-state index in [1.807, 2.05) is 0 Å². The molecule has 6 heteroatoms. The Hall–Kier alpha value is -2.08. The summed E-state index contributed by atoms with van der Waals surface area (Å²) >= 11 is 1.54. The molecule has 3 atom stereocenters. The Balaban J connectivity index is 1.41. The summed E-state index contributed by atoms with van der Waals surface area (Å²) in [5.41, 5.74) is 0.894. The fourth-order valence-corrected chi connectivity index (χ4v) is 6.62. The average Bonchev–Trinajstić information content (AvgIpc) is 3.34. The fraction of sp³-hybridized carbons (Fsp3) is 0.421. The highest BCUT2D eigenvalue weighted by Gasteiger charge is 2.59. The number of rotatable bonds is 2. The third-order valence-electron chi connectivity index (χ3n) is 6.29. The third kappa shape index (κ3) is 1.89. The largest absolute Gasteiger partial charge is 0.280 e. The van der Waals surface area contributed by atoms with Crippen molar-refractivity contribution in [2.75, 3.05) is 5.75 Å². The van der Waals surface area contributed by atoms with E-state index in [2.05, 4.69) is 6.58 Å². The molecule has 128 valence electrons. The van der Waals surface area contributed by atoms with Crippen LogP contribution in [0.25, 0.3) is 0 Å². The molecule has 2 aliphatic heterocycles. The van der Waals surface area contributed by atoms with Gasteiger partial charge in [-0.3, -0.25) is 18.7 Å². The minimum atomic E-state index is -0.453. The van der Waals surface area contributed by atoms with Crippen LogP contribution in [0.3, 0.4) is 0 Å². The lowest BCUT2D eigenvalue weighted by atomic mass is 9.82. The summed E-state index contributed by atoms with van der Waals surface area (Å²) in [6.45, 7) is 3.82. The van der Waals surface area contributed by atoms with Gasteiger partial charge in [0.05, 0.1) is 17.2 Å². The minimum Gasteiger partial charge on any atom is -0.277 e. The zero-order chi connectivity index (χ0) is 17.3. The van der Waals surface area contributed by atoms with Crippen molar-refractivity contribution in [3.05, 3.63) is 47.7 Å². The first kappa shape index (κ1) is 15.2. The summed E-state index contributed by atoms with van der Waals surface area (Å²) in [7, 11) is 0. The van der Waals surface area contributed by atoms with Crippen LogP contribution >= 0.6 is 11.9 Å². The fourth-order valence-electron chi connectivity index (χ4n) is 5.06. The number of hydrogen-bond donors (Lipinski definition) is 0. The topological polar surface area (TPSA) is 57.7 Å². The van der Waals surface area contributed by atoms with Crippen LogP contribution in [0.2, 0.25) is 0 Å². The molecule has 25 heavy (non-hydrogen) atoms. The van der Waals surface area contributed by atoms with Crippen molar-refractivity contribution in [2.24, 2.45) is 11.3 Å². The summed E-state index contributed by atoms with van der Waals surface area (Å²) in [6, 6.07) is 6.88. The van der Waals surface area contributed by atoms with E-state index >= 15 is 0 Å². The SMILES string of the molecule is C=C(C(=O)N1SCC23CCC(CC12)C3)N1C(=O)c2ccccc2C1=O. The molecule has 1 spiro atoms. The lowest BCUT2D eigenvalue weighted by Gasteiger charge is -2.32. The number of benzene rings is 1. The lowest BCUT2D eigenvalue weighted by Crippen LogP contribution is -2.43. The summed E-state index contributed by atoms with van der Waals surface area (Å²) in [6.07, 6.45) is 4.68. The van der Waals surface area contributed by atoms with Gasteiger partial charge < -0.3 is 0 Å².